The molecule has 2 aromatic carbocycles. The maximum absolute atomic E-state index is 16.9. The molecular weight excluding hydrogens is 628 g/mol. The van der Waals surface area contributed by atoms with Gasteiger partial charge in [-0.3, -0.25) is 10.2 Å². The van der Waals surface area contributed by atoms with Gasteiger partial charge in [-0.1, -0.05) is 0 Å². The van der Waals surface area contributed by atoms with Crippen LogP contribution in [-0.4, -0.2) is 62.4 Å². The summed E-state index contributed by atoms with van der Waals surface area (Å²) in [6.07, 6.45) is 2.13. The highest BCUT2D eigenvalue weighted by molar-refractivity contribution is 7.23. The third kappa shape index (κ3) is 4.42. The number of thiophene rings is 1. The molecule has 4 aliphatic rings. The van der Waals surface area contributed by atoms with E-state index in [0.717, 1.165) is 18.4 Å². The van der Waals surface area contributed by atoms with Crippen molar-refractivity contribution in [2.45, 2.75) is 96.4 Å². The van der Waals surface area contributed by atoms with Crippen LogP contribution in [0.2, 0.25) is 0 Å². The van der Waals surface area contributed by atoms with Gasteiger partial charge in [0.15, 0.2) is 5.82 Å². The Balaban J connectivity index is 1.20. The summed E-state index contributed by atoms with van der Waals surface area (Å²) >= 11 is 1.25. The lowest BCUT2D eigenvalue weighted by atomic mass is 9.52. The van der Waals surface area contributed by atoms with Crippen LogP contribution in [0.4, 0.5) is 29.2 Å². The number of ether oxygens (including phenoxy) is 3. The van der Waals surface area contributed by atoms with Crippen molar-refractivity contribution in [3.05, 3.63) is 47.3 Å². The summed E-state index contributed by atoms with van der Waals surface area (Å²) in [7, 11) is 0. The molecule has 0 bridgehead atoms. The molecule has 2 saturated heterocycles. The second-order valence-corrected chi connectivity index (χ2v) is 15.8. The molecule has 47 heavy (non-hydrogen) atoms. The molecule has 4 aromatic rings. The van der Waals surface area contributed by atoms with Gasteiger partial charge in [0.25, 0.3) is 0 Å². The van der Waals surface area contributed by atoms with Gasteiger partial charge in [-0.15, -0.1) is 11.3 Å². The van der Waals surface area contributed by atoms with Crippen LogP contribution in [-0.2, 0) is 27.4 Å². The van der Waals surface area contributed by atoms with Crippen molar-refractivity contribution in [1.29, 1.82) is 0 Å². The molecule has 1 N–H and O–H groups in total. The van der Waals surface area contributed by atoms with E-state index in [2.05, 4.69) is 20.2 Å². The maximum Gasteiger partial charge on any atom is 0.412 e. The Morgan fingerprint density at radius 1 is 1.02 bits per heavy atom. The van der Waals surface area contributed by atoms with Crippen molar-refractivity contribution in [3.8, 4) is 11.1 Å². The molecule has 3 aliphatic heterocycles. The minimum absolute atomic E-state index is 0.0282. The number of anilines is 2. The highest BCUT2D eigenvalue weighted by atomic mass is 32.1. The minimum Gasteiger partial charge on any atom is -0.444 e. The Labute approximate surface area is 274 Å². The molecule has 2 aromatic heterocycles. The van der Waals surface area contributed by atoms with Gasteiger partial charge in [0.05, 0.1) is 41.2 Å². The summed E-state index contributed by atoms with van der Waals surface area (Å²) in [6.45, 7) is 11.6. The number of piperidine rings is 1. The number of nitrogens with zero attached hydrogens (tertiary/aromatic N) is 4. The molecule has 246 valence electrons. The Kier molecular flexibility index (Phi) is 6.41. The Hall–Kier alpha value is -4.10. The second kappa shape index (κ2) is 9.96. The molecule has 1 spiro atoms. The van der Waals surface area contributed by atoms with E-state index in [-0.39, 0.29) is 53.6 Å². The topological polar surface area (TPSA) is 106 Å². The zero-order valence-corrected chi connectivity index (χ0v) is 27.8. The maximum atomic E-state index is 16.9. The van der Waals surface area contributed by atoms with Crippen LogP contribution < -0.4 is 10.2 Å². The predicted octanol–water partition coefficient (Wildman–Crippen LogP) is 7.51. The highest BCUT2D eigenvalue weighted by Crippen LogP contribution is 2.62. The van der Waals surface area contributed by atoms with Gasteiger partial charge >= 0.3 is 12.2 Å². The van der Waals surface area contributed by atoms with Crippen molar-refractivity contribution < 1.29 is 32.6 Å². The molecule has 3 atom stereocenters. The summed E-state index contributed by atoms with van der Waals surface area (Å²) in [5.41, 5.74) is -0.0376. The summed E-state index contributed by atoms with van der Waals surface area (Å²) in [6, 6.07) is 4.62. The van der Waals surface area contributed by atoms with Crippen molar-refractivity contribution >= 4 is 55.3 Å². The van der Waals surface area contributed by atoms with E-state index < -0.39 is 28.9 Å². The van der Waals surface area contributed by atoms with Gasteiger partial charge in [-0.25, -0.2) is 28.3 Å². The van der Waals surface area contributed by atoms with E-state index in [1.54, 1.807) is 32.9 Å². The first kappa shape index (κ1) is 30.2. The molecule has 3 fully saturated rings. The number of carbonyl (C=O) groups excluding carboxylic acids is 2. The number of halogens is 2. The number of amides is 2. The molecule has 8 rings (SSSR count). The summed E-state index contributed by atoms with van der Waals surface area (Å²) in [5.74, 6) is -0.648. The Bertz CT molecular complexity index is 2010. The fraction of sp³-hybridized carbons (Fsp3) is 0.471. The zero-order chi connectivity index (χ0) is 33.2. The number of rotatable bonds is 3. The summed E-state index contributed by atoms with van der Waals surface area (Å²) in [4.78, 5) is 38.6. The molecule has 3 unspecified atom stereocenters. The monoisotopic (exact) mass is 663 g/mol. The average Bonchev–Trinajstić information content (AvgIpc) is 3.57. The lowest BCUT2D eigenvalue weighted by Crippen LogP contribution is -2.97. The number of nitrogens with one attached hydrogen (secondary N) is 1. The van der Waals surface area contributed by atoms with Crippen LogP contribution in [0.1, 0.15) is 65.5 Å². The minimum atomic E-state index is -0.695. The highest BCUT2D eigenvalue weighted by Gasteiger charge is 2.77. The smallest absolute Gasteiger partial charge is 0.412 e. The van der Waals surface area contributed by atoms with E-state index in [1.807, 2.05) is 25.7 Å². The van der Waals surface area contributed by atoms with Crippen LogP contribution in [0.3, 0.4) is 0 Å². The number of benzene rings is 2. The normalized spacial score (nSPS) is 23.0. The first-order chi connectivity index (χ1) is 22.2. The standard InChI is InChI=1S/C34H35F2N5O5S/c1-32(2,3)45-30(42)39-23-11-16-20(47-23)8-7-19(35)24(16)25-17-13-44-14-18(17)26-28(27(25)36)37-15-38-29(26)41-21-9-10-34(21)22(41)12-40(34)31(43)46-33(4,5)6/h7-8,11,15,21-22H,9-10,12-14H2,1-6H3,(H,39,42). The largest absolute Gasteiger partial charge is 0.444 e. The first-order valence-electron chi connectivity index (χ1n) is 15.7. The quantitative estimate of drug-likeness (QED) is 0.240. The van der Waals surface area contributed by atoms with E-state index in [0.29, 0.717) is 38.4 Å². The van der Waals surface area contributed by atoms with Crippen LogP contribution in [0.5, 0.6) is 0 Å². The number of fused-ring (bicyclic) bond motifs is 4. The number of piperazine rings is 1. The summed E-state index contributed by atoms with van der Waals surface area (Å²) in [5, 5.41) is 4.18. The lowest BCUT2D eigenvalue weighted by Gasteiger charge is -2.80. The fourth-order valence-electron chi connectivity index (χ4n) is 7.75. The number of hydrogen-bond acceptors (Lipinski definition) is 9. The molecule has 13 heteroatoms. The molecule has 1 aliphatic carbocycles. The van der Waals surface area contributed by atoms with Gasteiger partial charge < -0.3 is 19.1 Å². The molecule has 2 amide bonds. The van der Waals surface area contributed by atoms with E-state index >= 15 is 8.78 Å². The van der Waals surface area contributed by atoms with Crippen molar-refractivity contribution in [2.24, 2.45) is 0 Å². The Morgan fingerprint density at radius 3 is 2.45 bits per heavy atom. The SMILES string of the molecule is CC(C)(C)OC(=O)Nc1cc2c(-c3c4c(c5c(N6C7CCC78C6CN8C(=O)OC(C)(C)C)ncnc5c3F)COC4)c(F)ccc2s1. The Morgan fingerprint density at radius 2 is 1.77 bits per heavy atom. The van der Waals surface area contributed by atoms with Gasteiger partial charge in [-0.2, -0.15) is 0 Å². The number of aromatic nitrogens is 2. The molecule has 0 radical (unpaired) electrons. The third-order valence-corrected chi connectivity index (χ3v) is 10.6. The zero-order valence-electron chi connectivity index (χ0n) is 27.0. The molecule has 1 saturated carbocycles. The van der Waals surface area contributed by atoms with E-state index in [4.69, 9.17) is 14.2 Å². The predicted molar refractivity (Wildman–Crippen MR) is 174 cm³/mol. The number of hydrogen-bond donors (Lipinski definition) is 1. The third-order valence-electron chi connectivity index (χ3n) is 9.60. The molecule has 5 heterocycles. The molecule has 10 nitrogen and oxygen atoms in total. The number of carbonyl (C=O) groups is 2. The van der Waals surface area contributed by atoms with Crippen LogP contribution in [0.15, 0.2) is 24.5 Å². The van der Waals surface area contributed by atoms with Crippen molar-refractivity contribution in [3.63, 3.8) is 0 Å². The molecular formula is C34H35F2N5O5S. The van der Waals surface area contributed by atoms with Gasteiger partial charge in [0.1, 0.15) is 34.7 Å². The fourth-order valence-corrected chi connectivity index (χ4v) is 8.71. The second-order valence-electron chi connectivity index (χ2n) is 14.7. The van der Waals surface area contributed by atoms with Crippen LogP contribution in [0, 0.1) is 11.6 Å². The van der Waals surface area contributed by atoms with Crippen LogP contribution >= 0.6 is 11.3 Å². The lowest BCUT2D eigenvalue weighted by molar-refractivity contribution is -0.166. The van der Waals surface area contributed by atoms with E-state index in [9.17, 15) is 9.59 Å². The van der Waals surface area contributed by atoms with Gasteiger partial charge in [0, 0.05) is 27.8 Å². The van der Waals surface area contributed by atoms with Crippen molar-refractivity contribution in [1.82, 2.24) is 14.9 Å². The van der Waals surface area contributed by atoms with Crippen molar-refractivity contribution in [2.75, 3.05) is 16.8 Å². The first-order valence-corrected chi connectivity index (χ1v) is 16.6. The average molecular weight is 664 g/mol. The van der Waals surface area contributed by atoms with E-state index in [1.165, 1.54) is 23.7 Å². The van der Waals surface area contributed by atoms with Gasteiger partial charge in [-0.05, 0) is 83.7 Å². The number of likely N-dealkylation sites (tertiary alicyclic amines) is 1. The van der Waals surface area contributed by atoms with Crippen LogP contribution in [0.25, 0.3) is 32.1 Å². The van der Waals surface area contributed by atoms with Gasteiger partial charge in [0.2, 0.25) is 0 Å². The summed E-state index contributed by atoms with van der Waals surface area (Å²) < 4.78 is 50.4.